The van der Waals surface area contributed by atoms with E-state index in [2.05, 4.69) is 9.97 Å². The fourth-order valence-electron chi connectivity index (χ4n) is 2.71. The highest BCUT2D eigenvalue weighted by molar-refractivity contribution is 7.20. The summed E-state index contributed by atoms with van der Waals surface area (Å²) in [4.78, 5) is 33.8. The number of aromatic nitrogens is 2. The standard InChI is InChI=1S/C18H19N3O5S/c1-5-24-18(23)14-9(3)13-15(19)20-12(21-16(13)27-14)7-25-17(22)11-6-8(2)26-10(11)4/h6H,5,7H2,1-4H3,(H2,19,20,21). The lowest BCUT2D eigenvalue weighted by molar-refractivity contribution is 0.0459. The molecule has 142 valence electrons. The maximum absolute atomic E-state index is 12.2. The van der Waals surface area contributed by atoms with Crippen molar-refractivity contribution in [3.8, 4) is 0 Å². The van der Waals surface area contributed by atoms with Gasteiger partial charge < -0.3 is 19.6 Å². The van der Waals surface area contributed by atoms with Gasteiger partial charge in [-0.2, -0.15) is 0 Å². The second kappa shape index (κ2) is 7.36. The van der Waals surface area contributed by atoms with Crippen molar-refractivity contribution in [3.63, 3.8) is 0 Å². The van der Waals surface area contributed by atoms with Gasteiger partial charge in [-0.15, -0.1) is 11.3 Å². The molecular formula is C18H19N3O5S. The van der Waals surface area contributed by atoms with Crippen molar-refractivity contribution in [2.45, 2.75) is 34.3 Å². The largest absolute Gasteiger partial charge is 0.466 e. The Kier molecular flexibility index (Phi) is 5.13. The minimum Gasteiger partial charge on any atom is -0.466 e. The summed E-state index contributed by atoms with van der Waals surface area (Å²) in [6.45, 7) is 7.09. The average Bonchev–Trinajstić information content (AvgIpc) is 3.12. The zero-order chi connectivity index (χ0) is 19.7. The molecule has 0 aliphatic carbocycles. The van der Waals surface area contributed by atoms with Gasteiger partial charge in [0.15, 0.2) is 12.4 Å². The number of hydrogen-bond acceptors (Lipinski definition) is 9. The van der Waals surface area contributed by atoms with E-state index < -0.39 is 11.9 Å². The molecule has 3 aromatic heterocycles. The first kappa shape index (κ1) is 18.8. The van der Waals surface area contributed by atoms with Crippen molar-refractivity contribution in [1.82, 2.24) is 9.97 Å². The van der Waals surface area contributed by atoms with Crippen LogP contribution in [0.25, 0.3) is 10.2 Å². The Hall–Kier alpha value is -2.94. The van der Waals surface area contributed by atoms with Crippen LogP contribution in [-0.4, -0.2) is 28.5 Å². The SMILES string of the molecule is CCOC(=O)c1sc2nc(COC(=O)c3cc(C)oc3C)nc(N)c2c1C. The number of hydrogen-bond donors (Lipinski definition) is 1. The van der Waals surface area contributed by atoms with Crippen LogP contribution in [0.1, 0.15) is 49.9 Å². The van der Waals surface area contributed by atoms with Crippen LogP contribution >= 0.6 is 11.3 Å². The van der Waals surface area contributed by atoms with Gasteiger partial charge in [-0.3, -0.25) is 0 Å². The molecule has 3 heterocycles. The zero-order valence-corrected chi connectivity index (χ0v) is 16.2. The van der Waals surface area contributed by atoms with E-state index in [0.717, 1.165) is 0 Å². The Labute approximate surface area is 159 Å². The first-order valence-electron chi connectivity index (χ1n) is 8.28. The van der Waals surface area contributed by atoms with E-state index >= 15 is 0 Å². The van der Waals surface area contributed by atoms with Crippen LogP contribution in [0.5, 0.6) is 0 Å². The smallest absolute Gasteiger partial charge is 0.348 e. The van der Waals surface area contributed by atoms with Gasteiger partial charge in [0.1, 0.15) is 32.6 Å². The summed E-state index contributed by atoms with van der Waals surface area (Å²) in [6.07, 6.45) is 0. The fourth-order valence-corrected chi connectivity index (χ4v) is 3.81. The van der Waals surface area contributed by atoms with Crippen LogP contribution in [0.3, 0.4) is 0 Å². The number of esters is 2. The fraction of sp³-hybridized carbons (Fsp3) is 0.333. The number of rotatable bonds is 5. The molecule has 8 nitrogen and oxygen atoms in total. The number of carbonyl (C=O) groups excluding carboxylic acids is 2. The predicted octanol–water partition coefficient (Wildman–Crippen LogP) is 3.33. The normalized spacial score (nSPS) is 11.0. The van der Waals surface area contributed by atoms with Gasteiger partial charge in [-0.05, 0) is 39.3 Å². The van der Waals surface area contributed by atoms with Gasteiger partial charge in [0.2, 0.25) is 0 Å². The monoisotopic (exact) mass is 389 g/mol. The zero-order valence-electron chi connectivity index (χ0n) is 15.4. The first-order chi connectivity index (χ1) is 12.8. The number of aryl methyl sites for hydroxylation is 3. The van der Waals surface area contributed by atoms with E-state index in [0.29, 0.717) is 37.7 Å². The summed E-state index contributed by atoms with van der Waals surface area (Å²) >= 11 is 1.18. The van der Waals surface area contributed by atoms with E-state index in [4.69, 9.17) is 19.6 Å². The summed E-state index contributed by atoms with van der Waals surface area (Å²) in [5, 5.41) is 0.611. The number of nitrogens with zero attached hydrogens (tertiary/aromatic N) is 2. The molecule has 27 heavy (non-hydrogen) atoms. The molecule has 3 aromatic rings. The van der Waals surface area contributed by atoms with E-state index in [1.807, 2.05) is 0 Å². The maximum atomic E-state index is 12.2. The van der Waals surface area contributed by atoms with Gasteiger partial charge in [0, 0.05) is 0 Å². The van der Waals surface area contributed by atoms with Gasteiger partial charge in [0.25, 0.3) is 0 Å². The molecule has 0 radical (unpaired) electrons. The van der Waals surface area contributed by atoms with Crippen molar-refractivity contribution >= 4 is 39.3 Å². The number of anilines is 1. The molecule has 9 heteroatoms. The summed E-state index contributed by atoms with van der Waals surface area (Å²) in [5.74, 6) is 0.647. The Morgan fingerprint density at radius 1 is 1.19 bits per heavy atom. The Morgan fingerprint density at radius 3 is 2.56 bits per heavy atom. The first-order valence-corrected chi connectivity index (χ1v) is 9.10. The molecule has 0 atom stereocenters. The van der Waals surface area contributed by atoms with Gasteiger partial charge >= 0.3 is 11.9 Å². The summed E-state index contributed by atoms with van der Waals surface area (Å²) in [7, 11) is 0. The minimum absolute atomic E-state index is 0.145. The molecule has 0 spiro atoms. The lowest BCUT2D eigenvalue weighted by Gasteiger charge is -2.05. The molecule has 0 fully saturated rings. The quantitative estimate of drug-likeness (QED) is 0.660. The van der Waals surface area contributed by atoms with Crippen molar-refractivity contribution in [1.29, 1.82) is 0 Å². The molecule has 0 aliphatic heterocycles. The topological polar surface area (TPSA) is 118 Å². The number of furan rings is 1. The molecule has 3 rings (SSSR count). The highest BCUT2D eigenvalue weighted by Crippen LogP contribution is 2.33. The summed E-state index contributed by atoms with van der Waals surface area (Å²) < 4.78 is 15.7. The second-order valence-corrected chi connectivity index (χ2v) is 6.88. The molecule has 0 aromatic carbocycles. The highest BCUT2D eigenvalue weighted by Gasteiger charge is 2.21. The third-order valence-electron chi connectivity index (χ3n) is 3.92. The molecule has 0 saturated heterocycles. The maximum Gasteiger partial charge on any atom is 0.348 e. The minimum atomic E-state index is -0.527. The Morgan fingerprint density at radius 2 is 1.93 bits per heavy atom. The molecule has 0 aliphatic rings. The average molecular weight is 389 g/mol. The Bertz CT molecular complexity index is 1040. The second-order valence-electron chi connectivity index (χ2n) is 5.88. The van der Waals surface area contributed by atoms with Crippen LogP contribution in [0, 0.1) is 20.8 Å². The number of thiophene rings is 1. The van der Waals surface area contributed by atoms with Crippen molar-refractivity contribution in [2.24, 2.45) is 0 Å². The van der Waals surface area contributed by atoms with Crippen LogP contribution in [-0.2, 0) is 16.1 Å². The van der Waals surface area contributed by atoms with Crippen LogP contribution in [0.4, 0.5) is 5.82 Å². The highest BCUT2D eigenvalue weighted by atomic mass is 32.1. The van der Waals surface area contributed by atoms with E-state index in [1.165, 1.54) is 11.3 Å². The van der Waals surface area contributed by atoms with Crippen LogP contribution < -0.4 is 5.73 Å². The molecular weight excluding hydrogens is 370 g/mol. The molecule has 2 N–H and O–H groups in total. The predicted molar refractivity (Wildman–Crippen MR) is 99.8 cm³/mol. The summed E-state index contributed by atoms with van der Waals surface area (Å²) in [5.41, 5.74) is 7.08. The third kappa shape index (κ3) is 3.63. The number of nitrogens with two attached hydrogens (primary N) is 1. The van der Waals surface area contributed by atoms with Crippen LogP contribution in [0.2, 0.25) is 0 Å². The molecule has 0 unspecified atom stereocenters. The van der Waals surface area contributed by atoms with Gasteiger partial charge in [-0.1, -0.05) is 0 Å². The van der Waals surface area contributed by atoms with E-state index in [9.17, 15) is 9.59 Å². The molecule has 0 bridgehead atoms. The van der Waals surface area contributed by atoms with E-state index in [-0.39, 0.29) is 24.9 Å². The molecule has 0 amide bonds. The summed E-state index contributed by atoms with van der Waals surface area (Å²) in [6, 6.07) is 1.62. The lowest BCUT2D eigenvalue weighted by Crippen LogP contribution is -2.08. The van der Waals surface area contributed by atoms with Gasteiger partial charge in [0.05, 0.1) is 12.0 Å². The van der Waals surface area contributed by atoms with Crippen LogP contribution in [0.15, 0.2) is 10.5 Å². The number of nitrogen functional groups attached to an aromatic ring is 1. The Balaban J connectivity index is 1.84. The van der Waals surface area contributed by atoms with Crippen molar-refractivity contribution in [2.75, 3.05) is 12.3 Å². The number of ether oxygens (including phenoxy) is 2. The number of carbonyl (C=O) groups is 2. The van der Waals surface area contributed by atoms with E-state index in [1.54, 1.807) is 33.8 Å². The van der Waals surface area contributed by atoms with Crippen molar-refractivity contribution in [3.05, 3.63) is 39.4 Å². The van der Waals surface area contributed by atoms with Crippen molar-refractivity contribution < 1.29 is 23.5 Å². The molecule has 0 saturated carbocycles. The lowest BCUT2D eigenvalue weighted by atomic mass is 10.2. The van der Waals surface area contributed by atoms with Gasteiger partial charge in [-0.25, -0.2) is 19.6 Å². The number of fused-ring (bicyclic) bond motifs is 1. The third-order valence-corrected chi connectivity index (χ3v) is 5.08.